The summed E-state index contributed by atoms with van der Waals surface area (Å²) >= 11 is 0. The predicted molar refractivity (Wildman–Crippen MR) is 120 cm³/mol. The van der Waals surface area contributed by atoms with Crippen LogP contribution in [0.4, 0.5) is 0 Å². The van der Waals surface area contributed by atoms with Crippen molar-refractivity contribution in [1.29, 1.82) is 0 Å². The molecule has 0 atom stereocenters. The van der Waals surface area contributed by atoms with Crippen LogP contribution in [-0.4, -0.2) is 9.97 Å². The molecule has 3 aromatic carbocycles. The molecule has 0 N–H and O–H groups in total. The number of halogens is 1. The normalized spacial score (nSPS) is 11.0. The molecule has 0 aliphatic carbocycles. The molecule has 4 aromatic rings. The minimum absolute atomic E-state index is 0. The predicted octanol–water partition coefficient (Wildman–Crippen LogP) is 1.59. The zero-order valence-electron chi connectivity index (χ0n) is 16.7. The van der Waals surface area contributed by atoms with E-state index in [0.717, 1.165) is 23.2 Å². The van der Waals surface area contributed by atoms with Crippen molar-refractivity contribution in [2.24, 2.45) is 0 Å². The van der Waals surface area contributed by atoms with Gasteiger partial charge < -0.3 is 12.4 Å². The van der Waals surface area contributed by atoms with Gasteiger partial charge in [-0.3, -0.25) is 9.97 Å². The Labute approximate surface area is 179 Å². The first-order valence-electron chi connectivity index (χ1n) is 9.54. The summed E-state index contributed by atoms with van der Waals surface area (Å²) in [5.41, 5.74) is 3.05. The summed E-state index contributed by atoms with van der Waals surface area (Å²) in [5.74, 6) is 0. The number of nitrogens with zero attached hydrogens (tertiary/aromatic N) is 2. The molecule has 0 spiro atoms. The highest BCUT2D eigenvalue weighted by molar-refractivity contribution is 7.95. The van der Waals surface area contributed by atoms with Crippen LogP contribution in [0.2, 0.25) is 0 Å². The van der Waals surface area contributed by atoms with Gasteiger partial charge in [0.1, 0.15) is 29.3 Å². The fraction of sp³-hybridized carbons (Fsp3) is 0.120. The molecule has 0 radical (unpaired) electrons. The standard InChI is InChI=1S/C25H24N2P.ClH/c1-20-21(2)27-22(18-26-20)19-28(23-12-6-3-7-13-23,24-14-8-4-9-15-24)25-16-10-5-11-17-25;/h3-18H,19H2,1-2H3;1H/q+1;/p-1. The van der Waals surface area contributed by atoms with Gasteiger partial charge in [-0.25, -0.2) is 0 Å². The Morgan fingerprint density at radius 1 is 0.621 bits per heavy atom. The van der Waals surface area contributed by atoms with Crippen molar-refractivity contribution in [2.45, 2.75) is 20.0 Å². The van der Waals surface area contributed by atoms with E-state index in [-0.39, 0.29) is 12.4 Å². The molecule has 0 saturated heterocycles. The van der Waals surface area contributed by atoms with E-state index in [2.05, 4.69) is 96.0 Å². The second kappa shape index (κ2) is 9.31. The summed E-state index contributed by atoms with van der Waals surface area (Å²) in [6.07, 6.45) is 2.81. The van der Waals surface area contributed by atoms with Gasteiger partial charge >= 0.3 is 0 Å². The van der Waals surface area contributed by atoms with E-state index in [1.54, 1.807) is 0 Å². The molecular weight excluding hydrogens is 395 g/mol. The van der Waals surface area contributed by atoms with Crippen molar-refractivity contribution >= 4 is 23.2 Å². The molecule has 0 saturated carbocycles. The van der Waals surface area contributed by atoms with Crippen LogP contribution in [0.1, 0.15) is 17.1 Å². The van der Waals surface area contributed by atoms with Gasteiger partial charge in [-0.05, 0) is 50.2 Å². The maximum Gasteiger partial charge on any atom is 0.118 e. The fourth-order valence-corrected chi connectivity index (χ4v) is 7.80. The fourth-order valence-electron chi connectivity index (χ4n) is 3.68. The van der Waals surface area contributed by atoms with Gasteiger partial charge in [0.25, 0.3) is 0 Å². The number of aromatic nitrogens is 2. The third kappa shape index (κ3) is 4.24. The Kier molecular flexibility index (Phi) is 6.79. The summed E-state index contributed by atoms with van der Waals surface area (Å²) in [6, 6.07) is 32.7. The van der Waals surface area contributed by atoms with E-state index in [0.29, 0.717) is 0 Å². The molecule has 2 nitrogen and oxygen atoms in total. The summed E-state index contributed by atoms with van der Waals surface area (Å²) in [7, 11) is -1.91. The van der Waals surface area contributed by atoms with Crippen molar-refractivity contribution in [2.75, 3.05) is 0 Å². The molecule has 4 heteroatoms. The summed E-state index contributed by atoms with van der Waals surface area (Å²) in [4.78, 5) is 9.50. The lowest BCUT2D eigenvalue weighted by atomic mass is 10.3. The van der Waals surface area contributed by atoms with Crippen LogP contribution in [0.3, 0.4) is 0 Å². The summed E-state index contributed by atoms with van der Waals surface area (Å²) < 4.78 is 0. The highest BCUT2D eigenvalue weighted by Crippen LogP contribution is 2.57. The van der Waals surface area contributed by atoms with E-state index < -0.39 is 7.26 Å². The number of aryl methyl sites for hydroxylation is 2. The lowest BCUT2D eigenvalue weighted by molar-refractivity contribution is -0.00000581. The molecule has 0 aliphatic rings. The largest absolute Gasteiger partial charge is 1.00 e. The van der Waals surface area contributed by atoms with Crippen molar-refractivity contribution < 1.29 is 12.4 Å². The number of benzene rings is 3. The zero-order valence-corrected chi connectivity index (χ0v) is 18.3. The molecule has 1 aromatic heterocycles. The highest BCUT2D eigenvalue weighted by atomic mass is 35.5. The third-order valence-corrected chi connectivity index (χ3v) is 9.57. The van der Waals surface area contributed by atoms with Crippen LogP contribution in [0.5, 0.6) is 0 Å². The average molecular weight is 419 g/mol. The van der Waals surface area contributed by atoms with Gasteiger partial charge in [-0.1, -0.05) is 54.6 Å². The van der Waals surface area contributed by atoms with Crippen molar-refractivity contribution in [3.8, 4) is 0 Å². The lowest BCUT2D eigenvalue weighted by Gasteiger charge is -2.27. The SMILES string of the molecule is Cc1ncc(C[P+](c2ccccc2)(c2ccccc2)c2ccccc2)nc1C.[Cl-]. The van der Waals surface area contributed by atoms with E-state index in [4.69, 9.17) is 4.98 Å². The highest BCUT2D eigenvalue weighted by Gasteiger charge is 2.45. The quantitative estimate of drug-likeness (QED) is 0.460. The maximum absolute atomic E-state index is 4.90. The first-order chi connectivity index (χ1) is 13.7. The molecule has 0 bridgehead atoms. The lowest BCUT2D eigenvalue weighted by Crippen LogP contribution is -3.00. The second-order valence-corrected chi connectivity index (χ2v) is 10.5. The van der Waals surface area contributed by atoms with Crippen LogP contribution in [0, 0.1) is 13.8 Å². The minimum Gasteiger partial charge on any atom is -1.00 e. The zero-order chi connectivity index (χ0) is 19.4. The van der Waals surface area contributed by atoms with Gasteiger partial charge in [0.2, 0.25) is 0 Å². The smallest absolute Gasteiger partial charge is 0.118 e. The Bertz CT molecular complexity index is 957. The Morgan fingerprint density at radius 2 is 1.03 bits per heavy atom. The topological polar surface area (TPSA) is 25.8 Å². The first-order valence-corrected chi connectivity index (χ1v) is 11.5. The van der Waals surface area contributed by atoms with E-state index in [1.165, 1.54) is 15.9 Å². The van der Waals surface area contributed by atoms with Crippen LogP contribution >= 0.6 is 7.26 Å². The third-order valence-electron chi connectivity index (χ3n) is 5.23. The summed E-state index contributed by atoms with van der Waals surface area (Å²) in [6.45, 7) is 4.06. The molecule has 29 heavy (non-hydrogen) atoms. The van der Waals surface area contributed by atoms with E-state index in [1.807, 2.05) is 20.0 Å². The molecule has 0 unspecified atom stereocenters. The van der Waals surface area contributed by atoms with Gasteiger partial charge in [-0.2, -0.15) is 0 Å². The Balaban J connectivity index is 0.00000240. The van der Waals surface area contributed by atoms with Crippen LogP contribution < -0.4 is 28.3 Å². The maximum atomic E-state index is 4.90. The van der Waals surface area contributed by atoms with Crippen molar-refractivity contribution in [1.82, 2.24) is 9.97 Å². The monoisotopic (exact) mass is 418 g/mol. The minimum atomic E-state index is -1.91. The number of rotatable bonds is 5. The molecule has 1 heterocycles. The van der Waals surface area contributed by atoms with E-state index in [9.17, 15) is 0 Å². The van der Waals surface area contributed by atoms with Gasteiger partial charge in [-0.15, -0.1) is 0 Å². The molecule has 4 rings (SSSR count). The van der Waals surface area contributed by atoms with Gasteiger partial charge in [0.05, 0.1) is 23.3 Å². The van der Waals surface area contributed by atoms with Crippen molar-refractivity contribution in [3.05, 3.63) is 114 Å². The molecule has 0 amide bonds. The summed E-state index contributed by atoms with van der Waals surface area (Å²) in [5, 5.41) is 4.10. The van der Waals surface area contributed by atoms with Gasteiger partial charge in [0, 0.05) is 0 Å². The second-order valence-electron chi connectivity index (χ2n) is 7.01. The molecular formula is C25H24ClN2P. The van der Waals surface area contributed by atoms with Crippen LogP contribution in [0.15, 0.2) is 97.2 Å². The average Bonchev–Trinajstić information content (AvgIpc) is 2.76. The first kappa shape index (κ1) is 21.2. The van der Waals surface area contributed by atoms with E-state index >= 15 is 0 Å². The number of hydrogen-bond donors (Lipinski definition) is 0. The molecule has 0 aliphatic heterocycles. The Morgan fingerprint density at radius 3 is 1.41 bits per heavy atom. The number of hydrogen-bond acceptors (Lipinski definition) is 2. The van der Waals surface area contributed by atoms with Crippen molar-refractivity contribution in [3.63, 3.8) is 0 Å². The van der Waals surface area contributed by atoms with Gasteiger partial charge in [0.15, 0.2) is 0 Å². The Hall–Kier alpha value is -2.54. The molecule has 0 fully saturated rings. The van der Waals surface area contributed by atoms with Crippen LogP contribution in [0.25, 0.3) is 0 Å². The van der Waals surface area contributed by atoms with Crippen LogP contribution in [-0.2, 0) is 6.16 Å². The molecule has 146 valence electrons.